The van der Waals surface area contributed by atoms with E-state index < -0.39 is 0 Å². The summed E-state index contributed by atoms with van der Waals surface area (Å²) in [5.41, 5.74) is 2.05. The first-order valence-electron chi connectivity index (χ1n) is 7.52. The van der Waals surface area contributed by atoms with Crippen molar-refractivity contribution in [1.29, 1.82) is 0 Å². The van der Waals surface area contributed by atoms with Gasteiger partial charge in [0.05, 0.1) is 12.8 Å². The van der Waals surface area contributed by atoms with Gasteiger partial charge in [-0.25, -0.2) is 9.97 Å². The molecule has 1 aromatic carbocycles. The van der Waals surface area contributed by atoms with E-state index in [9.17, 15) is 0 Å². The molecule has 2 aromatic rings. The van der Waals surface area contributed by atoms with Crippen LogP contribution >= 0.6 is 22.6 Å². The molecule has 7 heteroatoms. The van der Waals surface area contributed by atoms with Crippen molar-refractivity contribution in [3.05, 3.63) is 34.2 Å². The third kappa shape index (κ3) is 4.03. The lowest BCUT2D eigenvalue weighted by Gasteiger charge is -2.34. The Labute approximate surface area is 150 Å². The summed E-state index contributed by atoms with van der Waals surface area (Å²) < 4.78 is 6.60. The molecule has 23 heavy (non-hydrogen) atoms. The topological polar surface area (TPSA) is 53.5 Å². The highest BCUT2D eigenvalue weighted by Gasteiger charge is 2.17. The average Bonchev–Trinajstić information content (AvgIpc) is 2.58. The van der Waals surface area contributed by atoms with Gasteiger partial charge in [-0.1, -0.05) is 0 Å². The SMILES string of the molecule is COc1cc(Nc2ncc(I)cn2)ccc1N1CCN(C)CC1. The van der Waals surface area contributed by atoms with Crippen LogP contribution in [0.1, 0.15) is 0 Å². The maximum absolute atomic E-state index is 5.59. The van der Waals surface area contributed by atoms with E-state index in [0.29, 0.717) is 5.95 Å². The van der Waals surface area contributed by atoms with Gasteiger partial charge in [-0.2, -0.15) is 0 Å². The molecule has 3 rings (SSSR count). The van der Waals surface area contributed by atoms with E-state index in [4.69, 9.17) is 4.74 Å². The van der Waals surface area contributed by atoms with Crippen molar-refractivity contribution in [2.75, 3.05) is 50.6 Å². The predicted molar refractivity (Wildman–Crippen MR) is 101 cm³/mol. The first-order valence-corrected chi connectivity index (χ1v) is 8.59. The summed E-state index contributed by atoms with van der Waals surface area (Å²) in [5.74, 6) is 1.45. The van der Waals surface area contributed by atoms with Crippen LogP contribution in [0.25, 0.3) is 0 Å². The summed E-state index contributed by atoms with van der Waals surface area (Å²) in [6.45, 7) is 4.17. The van der Waals surface area contributed by atoms with Gasteiger partial charge in [0.1, 0.15) is 5.75 Å². The Balaban J connectivity index is 1.77. The maximum atomic E-state index is 5.59. The van der Waals surface area contributed by atoms with E-state index in [1.165, 1.54) is 0 Å². The number of anilines is 3. The van der Waals surface area contributed by atoms with Gasteiger partial charge in [0.25, 0.3) is 0 Å². The molecular formula is C16H20IN5O. The molecule has 0 amide bonds. The minimum atomic E-state index is 0.583. The molecule has 2 heterocycles. The predicted octanol–water partition coefficient (Wildman–Crippen LogP) is 2.59. The largest absolute Gasteiger partial charge is 0.495 e. The summed E-state index contributed by atoms with van der Waals surface area (Å²) in [6, 6.07) is 6.13. The van der Waals surface area contributed by atoms with Crippen molar-refractivity contribution in [2.45, 2.75) is 0 Å². The minimum Gasteiger partial charge on any atom is -0.495 e. The molecule has 0 saturated carbocycles. The Morgan fingerprint density at radius 3 is 2.48 bits per heavy atom. The monoisotopic (exact) mass is 425 g/mol. The Hall–Kier alpha value is -1.61. The Morgan fingerprint density at radius 2 is 1.83 bits per heavy atom. The minimum absolute atomic E-state index is 0.583. The zero-order chi connectivity index (χ0) is 16.2. The van der Waals surface area contributed by atoms with E-state index in [1.807, 2.05) is 12.1 Å². The maximum Gasteiger partial charge on any atom is 0.227 e. The number of rotatable bonds is 4. The van der Waals surface area contributed by atoms with Crippen LogP contribution in [0.15, 0.2) is 30.6 Å². The van der Waals surface area contributed by atoms with Gasteiger partial charge in [0.15, 0.2) is 0 Å². The van der Waals surface area contributed by atoms with Gasteiger partial charge in [-0.15, -0.1) is 0 Å². The van der Waals surface area contributed by atoms with Crippen molar-refractivity contribution < 1.29 is 4.74 Å². The molecule has 1 saturated heterocycles. The normalized spacial score (nSPS) is 15.5. The lowest BCUT2D eigenvalue weighted by molar-refractivity contribution is 0.311. The second-order valence-electron chi connectivity index (χ2n) is 5.53. The second-order valence-corrected chi connectivity index (χ2v) is 6.77. The van der Waals surface area contributed by atoms with E-state index in [0.717, 1.165) is 46.9 Å². The van der Waals surface area contributed by atoms with Crippen LogP contribution in [-0.4, -0.2) is 55.2 Å². The molecule has 0 bridgehead atoms. The van der Waals surface area contributed by atoms with Crippen LogP contribution in [0.5, 0.6) is 5.75 Å². The van der Waals surface area contributed by atoms with Crippen LogP contribution in [0.2, 0.25) is 0 Å². The fourth-order valence-corrected chi connectivity index (χ4v) is 2.85. The van der Waals surface area contributed by atoms with Crippen LogP contribution < -0.4 is 15.0 Å². The summed E-state index contributed by atoms with van der Waals surface area (Å²) >= 11 is 2.19. The Morgan fingerprint density at radius 1 is 1.13 bits per heavy atom. The molecule has 1 aliphatic rings. The van der Waals surface area contributed by atoms with Crippen LogP contribution in [0.3, 0.4) is 0 Å². The van der Waals surface area contributed by atoms with E-state index in [1.54, 1.807) is 19.5 Å². The zero-order valence-corrected chi connectivity index (χ0v) is 15.4. The molecule has 1 aromatic heterocycles. The Kier molecular flexibility index (Phi) is 5.16. The molecular weight excluding hydrogens is 405 g/mol. The summed E-state index contributed by atoms with van der Waals surface area (Å²) in [4.78, 5) is 13.2. The van der Waals surface area contributed by atoms with Gasteiger partial charge >= 0.3 is 0 Å². The van der Waals surface area contributed by atoms with Crippen molar-refractivity contribution >= 4 is 39.9 Å². The molecule has 122 valence electrons. The number of aromatic nitrogens is 2. The molecule has 0 spiro atoms. The molecule has 0 aliphatic carbocycles. The summed E-state index contributed by atoms with van der Waals surface area (Å²) in [7, 11) is 3.86. The van der Waals surface area contributed by atoms with Crippen molar-refractivity contribution in [2.24, 2.45) is 0 Å². The first-order chi connectivity index (χ1) is 11.2. The molecule has 1 fully saturated rings. The standard InChI is InChI=1S/C16H20IN5O/c1-21-5-7-22(8-6-21)14-4-3-13(9-15(14)23-2)20-16-18-10-12(17)11-19-16/h3-4,9-11H,5-8H2,1-2H3,(H,18,19,20). The molecule has 1 aliphatic heterocycles. The lowest BCUT2D eigenvalue weighted by atomic mass is 10.2. The van der Waals surface area contributed by atoms with Gasteiger partial charge in [0, 0.05) is 53.9 Å². The van der Waals surface area contributed by atoms with Gasteiger partial charge in [-0.3, -0.25) is 0 Å². The fraction of sp³-hybridized carbons (Fsp3) is 0.375. The Bertz CT molecular complexity index is 656. The molecule has 0 unspecified atom stereocenters. The number of nitrogens with zero attached hydrogens (tertiary/aromatic N) is 4. The van der Waals surface area contributed by atoms with Gasteiger partial charge in [-0.05, 0) is 41.8 Å². The zero-order valence-electron chi connectivity index (χ0n) is 13.3. The lowest BCUT2D eigenvalue weighted by Crippen LogP contribution is -2.44. The number of benzene rings is 1. The van der Waals surface area contributed by atoms with E-state index in [2.05, 4.69) is 60.8 Å². The van der Waals surface area contributed by atoms with Crippen molar-refractivity contribution in [3.63, 3.8) is 0 Å². The molecule has 0 atom stereocenters. The number of nitrogens with one attached hydrogen (secondary N) is 1. The highest BCUT2D eigenvalue weighted by atomic mass is 127. The number of halogens is 1. The van der Waals surface area contributed by atoms with Crippen LogP contribution in [0, 0.1) is 3.57 Å². The number of hydrogen-bond acceptors (Lipinski definition) is 6. The highest BCUT2D eigenvalue weighted by molar-refractivity contribution is 14.1. The molecule has 6 nitrogen and oxygen atoms in total. The van der Waals surface area contributed by atoms with Crippen molar-refractivity contribution in [1.82, 2.24) is 14.9 Å². The molecule has 0 radical (unpaired) electrons. The third-order valence-electron chi connectivity index (χ3n) is 3.90. The second kappa shape index (κ2) is 7.31. The van der Waals surface area contributed by atoms with E-state index in [-0.39, 0.29) is 0 Å². The quantitative estimate of drug-likeness (QED) is 0.761. The smallest absolute Gasteiger partial charge is 0.227 e. The van der Waals surface area contributed by atoms with Crippen LogP contribution in [-0.2, 0) is 0 Å². The van der Waals surface area contributed by atoms with Crippen LogP contribution in [0.4, 0.5) is 17.3 Å². The number of methoxy groups -OCH3 is 1. The number of ether oxygens (including phenoxy) is 1. The average molecular weight is 425 g/mol. The third-order valence-corrected chi connectivity index (χ3v) is 4.46. The highest BCUT2D eigenvalue weighted by Crippen LogP contribution is 2.32. The summed E-state index contributed by atoms with van der Waals surface area (Å²) in [6.07, 6.45) is 3.57. The number of piperazine rings is 1. The van der Waals surface area contributed by atoms with Gasteiger partial charge < -0.3 is 19.9 Å². The first kappa shape index (κ1) is 16.3. The van der Waals surface area contributed by atoms with Crippen molar-refractivity contribution in [3.8, 4) is 5.75 Å². The van der Waals surface area contributed by atoms with Gasteiger partial charge in [0.2, 0.25) is 5.95 Å². The van der Waals surface area contributed by atoms with E-state index >= 15 is 0 Å². The summed E-state index contributed by atoms with van der Waals surface area (Å²) in [5, 5.41) is 3.21. The molecule has 1 N–H and O–H groups in total. The fourth-order valence-electron chi connectivity index (χ4n) is 2.57. The number of hydrogen-bond donors (Lipinski definition) is 1. The number of likely N-dealkylation sites (N-methyl/N-ethyl adjacent to an activating group) is 1.